The number of hydrogen-bond acceptors (Lipinski definition) is 4. The number of carbonyl (C=O) groups is 1. The number of carbonyl (C=O) groups excluding carboxylic acids is 1. The van der Waals surface area contributed by atoms with Crippen molar-refractivity contribution in [2.45, 2.75) is 20.8 Å². The van der Waals surface area contributed by atoms with Crippen molar-refractivity contribution >= 4 is 17.7 Å². The number of hydrogen-bond donors (Lipinski definition) is 2. The number of phenols is 1. The average Bonchev–Trinajstić information content (AvgIpc) is 3.01. The van der Waals surface area contributed by atoms with Crippen LogP contribution >= 0.6 is 0 Å². The highest BCUT2D eigenvalue weighted by molar-refractivity contribution is 6.09. The summed E-state index contributed by atoms with van der Waals surface area (Å²) in [5.41, 5.74) is 4.10. The average molecular weight is 401 g/mol. The van der Waals surface area contributed by atoms with Gasteiger partial charge in [0.1, 0.15) is 23.1 Å². The molecule has 3 aromatic rings. The highest BCUT2D eigenvalue weighted by atomic mass is 16.5. The SMILES string of the molecule is CCOc1ccc(NC(=O)C(C#N)=Cc2cc(C)n(-c3ccc(O)cc3)c2C)cc1. The molecule has 0 saturated heterocycles. The van der Waals surface area contributed by atoms with Crippen LogP contribution in [-0.4, -0.2) is 22.2 Å². The lowest BCUT2D eigenvalue weighted by atomic mass is 10.1. The van der Waals surface area contributed by atoms with Crippen LogP contribution in [0.5, 0.6) is 11.5 Å². The maximum atomic E-state index is 12.6. The Morgan fingerprint density at radius 3 is 2.43 bits per heavy atom. The molecule has 0 unspecified atom stereocenters. The Morgan fingerprint density at radius 2 is 1.83 bits per heavy atom. The summed E-state index contributed by atoms with van der Waals surface area (Å²) in [6, 6.07) is 17.8. The van der Waals surface area contributed by atoms with E-state index in [1.54, 1.807) is 42.5 Å². The Labute approximate surface area is 175 Å². The van der Waals surface area contributed by atoms with Crippen molar-refractivity contribution in [3.63, 3.8) is 0 Å². The van der Waals surface area contributed by atoms with Crippen LogP contribution in [0.15, 0.2) is 60.2 Å². The summed E-state index contributed by atoms with van der Waals surface area (Å²) in [5.74, 6) is 0.434. The lowest BCUT2D eigenvalue weighted by Crippen LogP contribution is -2.13. The van der Waals surface area contributed by atoms with E-state index in [1.165, 1.54) is 0 Å². The summed E-state index contributed by atoms with van der Waals surface area (Å²) in [5, 5.41) is 21.8. The quantitative estimate of drug-likeness (QED) is 0.461. The first-order valence-corrected chi connectivity index (χ1v) is 9.57. The molecule has 2 aromatic carbocycles. The standard InChI is InChI=1S/C24H23N3O3/c1-4-30-23-11-5-20(6-12-23)26-24(29)19(15-25)14-18-13-16(2)27(17(18)3)21-7-9-22(28)10-8-21/h5-14,28H,4H2,1-3H3,(H,26,29). The van der Waals surface area contributed by atoms with E-state index >= 15 is 0 Å². The molecule has 0 aliphatic carbocycles. The van der Waals surface area contributed by atoms with Crippen LogP contribution in [0.1, 0.15) is 23.9 Å². The number of phenolic OH excluding ortho intramolecular Hbond substituents is 1. The molecular weight excluding hydrogens is 378 g/mol. The lowest BCUT2D eigenvalue weighted by Gasteiger charge is -2.10. The van der Waals surface area contributed by atoms with Gasteiger partial charge in [-0.3, -0.25) is 4.79 Å². The second-order valence-electron chi connectivity index (χ2n) is 6.76. The molecule has 0 radical (unpaired) electrons. The molecule has 0 fully saturated rings. The highest BCUT2D eigenvalue weighted by Crippen LogP contribution is 2.24. The summed E-state index contributed by atoms with van der Waals surface area (Å²) in [7, 11) is 0. The van der Waals surface area contributed by atoms with Crippen LogP contribution in [-0.2, 0) is 4.79 Å². The lowest BCUT2D eigenvalue weighted by molar-refractivity contribution is -0.112. The number of nitriles is 1. The predicted molar refractivity (Wildman–Crippen MR) is 117 cm³/mol. The number of aromatic nitrogens is 1. The van der Waals surface area contributed by atoms with Gasteiger partial charge >= 0.3 is 0 Å². The first-order chi connectivity index (χ1) is 14.4. The molecular formula is C24H23N3O3. The first kappa shape index (κ1) is 20.7. The van der Waals surface area contributed by atoms with Crippen molar-refractivity contribution in [3.8, 4) is 23.3 Å². The van der Waals surface area contributed by atoms with Crippen molar-refractivity contribution in [1.82, 2.24) is 4.57 Å². The Hall–Kier alpha value is -3.98. The maximum absolute atomic E-state index is 12.6. The summed E-state index contributed by atoms with van der Waals surface area (Å²) in [4.78, 5) is 12.6. The van der Waals surface area contributed by atoms with Gasteiger partial charge in [0.25, 0.3) is 5.91 Å². The van der Waals surface area contributed by atoms with E-state index in [0.717, 1.165) is 22.6 Å². The molecule has 0 saturated carbocycles. The molecule has 6 heteroatoms. The van der Waals surface area contributed by atoms with E-state index in [4.69, 9.17) is 4.74 Å². The monoisotopic (exact) mass is 401 g/mol. The van der Waals surface area contributed by atoms with E-state index < -0.39 is 5.91 Å². The largest absolute Gasteiger partial charge is 0.508 e. The van der Waals surface area contributed by atoms with E-state index in [2.05, 4.69) is 5.32 Å². The van der Waals surface area contributed by atoms with Gasteiger partial charge in [0.05, 0.1) is 6.61 Å². The predicted octanol–water partition coefficient (Wildman–Crippen LogP) is 4.74. The summed E-state index contributed by atoms with van der Waals surface area (Å²) in [6.45, 7) is 6.34. The molecule has 3 rings (SSSR count). The molecule has 1 amide bonds. The Kier molecular flexibility index (Phi) is 6.23. The van der Waals surface area contributed by atoms with Gasteiger partial charge in [0.15, 0.2) is 0 Å². The van der Waals surface area contributed by atoms with Crippen LogP contribution < -0.4 is 10.1 Å². The number of anilines is 1. The Balaban J connectivity index is 1.85. The topological polar surface area (TPSA) is 87.3 Å². The minimum absolute atomic E-state index is 0.00911. The third kappa shape index (κ3) is 4.53. The minimum atomic E-state index is -0.476. The third-order valence-corrected chi connectivity index (χ3v) is 4.67. The van der Waals surface area contributed by atoms with Gasteiger partial charge < -0.3 is 19.7 Å². The zero-order chi connectivity index (χ0) is 21.7. The van der Waals surface area contributed by atoms with E-state index in [1.807, 2.05) is 49.6 Å². The van der Waals surface area contributed by atoms with Crippen molar-refractivity contribution in [2.24, 2.45) is 0 Å². The van der Waals surface area contributed by atoms with Gasteiger partial charge in [-0.25, -0.2) is 0 Å². The zero-order valence-corrected chi connectivity index (χ0v) is 17.1. The molecule has 0 spiro atoms. The van der Waals surface area contributed by atoms with Gasteiger partial charge in [0, 0.05) is 22.8 Å². The van der Waals surface area contributed by atoms with E-state index in [0.29, 0.717) is 18.0 Å². The van der Waals surface area contributed by atoms with Gasteiger partial charge in [-0.15, -0.1) is 0 Å². The molecule has 6 nitrogen and oxygen atoms in total. The molecule has 30 heavy (non-hydrogen) atoms. The van der Waals surface area contributed by atoms with Crippen molar-refractivity contribution in [3.05, 3.63) is 77.1 Å². The van der Waals surface area contributed by atoms with Crippen LogP contribution in [0.2, 0.25) is 0 Å². The van der Waals surface area contributed by atoms with Gasteiger partial charge in [0.2, 0.25) is 0 Å². The zero-order valence-electron chi connectivity index (χ0n) is 17.1. The molecule has 0 aliphatic rings. The number of amides is 1. The maximum Gasteiger partial charge on any atom is 0.266 e. The molecule has 1 heterocycles. The fourth-order valence-electron chi connectivity index (χ4n) is 3.24. The summed E-state index contributed by atoms with van der Waals surface area (Å²) < 4.78 is 7.40. The van der Waals surface area contributed by atoms with Gasteiger partial charge in [-0.05, 0) is 87.0 Å². The molecule has 2 N–H and O–H groups in total. The smallest absolute Gasteiger partial charge is 0.266 e. The minimum Gasteiger partial charge on any atom is -0.508 e. The number of nitrogens with zero attached hydrogens (tertiary/aromatic N) is 2. The highest BCUT2D eigenvalue weighted by Gasteiger charge is 2.14. The number of nitrogens with one attached hydrogen (secondary N) is 1. The number of aromatic hydroxyl groups is 1. The molecule has 0 aliphatic heterocycles. The van der Waals surface area contributed by atoms with Crippen molar-refractivity contribution in [2.75, 3.05) is 11.9 Å². The van der Waals surface area contributed by atoms with Crippen LogP contribution in [0.25, 0.3) is 11.8 Å². The summed E-state index contributed by atoms with van der Waals surface area (Å²) >= 11 is 0. The number of ether oxygens (including phenoxy) is 1. The number of rotatable bonds is 6. The fourth-order valence-corrected chi connectivity index (χ4v) is 3.24. The Morgan fingerprint density at radius 1 is 1.17 bits per heavy atom. The van der Waals surface area contributed by atoms with Crippen LogP contribution in [0.3, 0.4) is 0 Å². The van der Waals surface area contributed by atoms with E-state index in [9.17, 15) is 15.2 Å². The first-order valence-electron chi connectivity index (χ1n) is 9.57. The molecule has 0 bridgehead atoms. The van der Waals surface area contributed by atoms with E-state index in [-0.39, 0.29) is 11.3 Å². The van der Waals surface area contributed by atoms with Gasteiger partial charge in [-0.2, -0.15) is 5.26 Å². The molecule has 152 valence electrons. The van der Waals surface area contributed by atoms with Crippen LogP contribution in [0, 0.1) is 25.2 Å². The Bertz CT molecular complexity index is 1120. The van der Waals surface area contributed by atoms with Crippen LogP contribution in [0.4, 0.5) is 5.69 Å². The van der Waals surface area contributed by atoms with Crippen molar-refractivity contribution < 1.29 is 14.6 Å². The molecule has 0 atom stereocenters. The third-order valence-electron chi connectivity index (χ3n) is 4.67. The van der Waals surface area contributed by atoms with Crippen molar-refractivity contribution in [1.29, 1.82) is 5.26 Å². The normalized spacial score (nSPS) is 11.1. The second-order valence-corrected chi connectivity index (χ2v) is 6.76. The number of aryl methyl sites for hydroxylation is 1. The molecule has 1 aromatic heterocycles. The van der Waals surface area contributed by atoms with Gasteiger partial charge in [-0.1, -0.05) is 0 Å². The summed E-state index contributed by atoms with van der Waals surface area (Å²) in [6.07, 6.45) is 1.59. The number of benzene rings is 2. The fraction of sp³-hybridized carbons (Fsp3) is 0.167. The second kappa shape index (κ2) is 9.01.